The summed E-state index contributed by atoms with van der Waals surface area (Å²) in [6, 6.07) is 36.1. The van der Waals surface area contributed by atoms with Crippen molar-refractivity contribution in [2.24, 2.45) is 0 Å². The van der Waals surface area contributed by atoms with Gasteiger partial charge in [-0.1, -0.05) is 101 Å². The number of rotatable bonds is 3. The number of benzene rings is 5. The maximum absolute atomic E-state index is 11.7. The molecule has 0 atom stereocenters. The van der Waals surface area contributed by atoms with E-state index in [0.717, 1.165) is 43.4 Å². The van der Waals surface area contributed by atoms with Crippen LogP contribution in [0.5, 0.6) is 5.75 Å². The van der Waals surface area contributed by atoms with Gasteiger partial charge in [-0.2, -0.15) is 0 Å². The summed E-state index contributed by atoms with van der Waals surface area (Å²) in [5.41, 5.74) is 11.6. The molecule has 42 heavy (non-hydrogen) atoms. The quantitative estimate of drug-likeness (QED) is 0.216. The van der Waals surface area contributed by atoms with E-state index in [1.54, 1.807) is 0 Å². The van der Waals surface area contributed by atoms with Crippen LogP contribution in [0.1, 0.15) is 51.3 Å². The predicted octanol–water partition coefficient (Wildman–Crippen LogP) is 10.4. The molecule has 3 nitrogen and oxygen atoms in total. The molecule has 0 aliphatic heterocycles. The van der Waals surface area contributed by atoms with Crippen molar-refractivity contribution in [2.45, 2.75) is 45.4 Å². The summed E-state index contributed by atoms with van der Waals surface area (Å²) < 4.78 is 3.13. The lowest BCUT2D eigenvalue weighted by molar-refractivity contribution is 0.474. The van der Waals surface area contributed by atoms with Crippen LogP contribution in [-0.4, -0.2) is 14.7 Å². The summed E-state index contributed by atoms with van der Waals surface area (Å²) in [5, 5.41) is 11.7. The summed E-state index contributed by atoms with van der Waals surface area (Å²) in [7, 11) is 0. The van der Waals surface area contributed by atoms with E-state index in [0.29, 0.717) is 11.4 Å². The number of imidazole rings is 1. The van der Waals surface area contributed by atoms with Crippen molar-refractivity contribution in [3.05, 3.63) is 124 Å². The monoisotopic (exact) mass is 612 g/mol. The summed E-state index contributed by atoms with van der Waals surface area (Å²) in [4.78, 5) is 5.20. The number of aromatic hydroxyl groups is 1. The molecule has 0 saturated carbocycles. The number of hydrogen-bond acceptors (Lipinski definition) is 2. The van der Waals surface area contributed by atoms with Crippen molar-refractivity contribution in [3.63, 3.8) is 0 Å². The number of nitrogens with zero attached hydrogens (tertiary/aromatic N) is 2. The van der Waals surface area contributed by atoms with Gasteiger partial charge in [0.05, 0.1) is 16.8 Å². The van der Waals surface area contributed by atoms with Crippen LogP contribution in [-0.2, 0) is 10.8 Å². The number of aromatic nitrogens is 2. The Hall–Kier alpha value is -4.15. The minimum atomic E-state index is -0.200. The predicted molar refractivity (Wildman–Crippen MR) is 178 cm³/mol. The second kappa shape index (κ2) is 9.43. The molecule has 0 saturated heterocycles. The summed E-state index contributed by atoms with van der Waals surface area (Å²) in [6.07, 6.45) is 0. The van der Waals surface area contributed by atoms with Crippen molar-refractivity contribution in [3.8, 4) is 45.1 Å². The minimum Gasteiger partial charge on any atom is -0.507 e. The van der Waals surface area contributed by atoms with Crippen LogP contribution < -0.4 is 0 Å². The van der Waals surface area contributed by atoms with Gasteiger partial charge in [-0.25, -0.2) is 4.98 Å². The van der Waals surface area contributed by atoms with Crippen molar-refractivity contribution < 1.29 is 5.11 Å². The molecule has 1 N–H and O–H groups in total. The molecule has 1 aliphatic rings. The van der Waals surface area contributed by atoms with E-state index in [2.05, 4.69) is 134 Å². The first kappa shape index (κ1) is 26.7. The third kappa shape index (κ3) is 4.04. The van der Waals surface area contributed by atoms with Crippen LogP contribution in [0.3, 0.4) is 0 Å². The fourth-order valence-corrected chi connectivity index (χ4v) is 6.90. The van der Waals surface area contributed by atoms with Gasteiger partial charge in [-0.3, -0.25) is 4.57 Å². The zero-order valence-corrected chi connectivity index (χ0v) is 26.1. The highest BCUT2D eigenvalue weighted by molar-refractivity contribution is 9.10. The fourth-order valence-electron chi connectivity index (χ4n) is 6.45. The van der Waals surface area contributed by atoms with E-state index >= 15 is 0 Å². The average molecular weight is 614 g/mol. The lowest BCUT2D eigenvalue weighted by Crippen LogP contribution is -2.14. The zero-order chi connectivity index (χ0) is 29.4. The highest BCUT2D eigenvalue weighted by Gasteiger charge is 2.36. The Kier molecular flexibility index (Phi) is 6.00. The maximum Gasteiger partial charge on any atom is 0.149 e. The van der Waals surface area contributed by atoms with Gasteiger partial charge in [-0.05, 0) is 91.1 Å². The Bertz CT molecular complexity index is 2010. The third-order valence-electron chi connectivity index (χ3n) is 8.76. The average Bonchev–Trinajstić information content (AvgIpc) is 3.46. The Morgan fingerprint density at radius 1 is 0.714 bits per heavy atom. The summed E-state index contributed by atoms with van der Waals surface area (Å²) >= 11 is 3.76. The van der Waals surface area contributed by atoms with Crippen molar-refractivity contribution in [1.29, 1.82) is 0 Å². The van der Waals surface area contributed by atoms with Crippen LogP contribution in [0.2, 0.25) is 0 Å². The lowest BCUT2D eigenvalue weighted by Gasteiger charge is -2.23. The van der Waals surface area contributed by atoms with Gasteiger partial charge >= 0.3 is 0 Å². The van der Waals surface area contributed by atoms with E-state index < -0.39 is 0 Å². The topological polar surface area (TPSA) is 38.0 Å². The molecule has 4 heteroatoms. The van der Waals surface area contributed by atoms with Gasteiger partial charge in [0, 0.05) is 15.5 Å². The molecular formula is C38H33BrN2O. The molecule has 6 aromatic rings. The van der Waals surface area contributed by atoms with E-state index in [9.17, 15) is 5.11 Å². The second-order valence-corrected chi connectivity index (χ2v) is 13.7. The summed E-state index contributed by atoms with van der Waals surface area (Å²) in [5.74, 6) is 0.940. The van der Waals surface area contributed by atoms with Crippen LogP contribution in [0.4, 0.5) is 0 Å². The summed E-state index contributed by atoms with van der Waals surface area (Å²) in [6.45, 7) is 11.2. The number of hydrogen-bond donors (Lipinski definition) is 1. The molecule has 0 fully saturated rings. The van der Waals surface area contributed by atoms with Gasteiger partial charge in [0.25, 0.3) is 0 Å². The van der Waals surface area contributed by atoms with Crippen molar-refractivity contribution in [2.75, 3.05) is 0 Å². The first-order chi connectivity index (χ1) is 20.1. The Morgan fingerprint density at radius 3 is 2.21 bits per heavy atom. The number of para-hydroxylation sites is 1. The molecule has 1 heterocycles. The normalized spacial score (nSPS) is 13.8. The molecule has 208 valence electrons. The molecule has 5 aromatic carbocycles. The number of fused-ring (bicyclic) bond motifs is 4. The van der Waals surface area contributed by atoms with E-state index in [1.165, 1.54) is 16.7 Å². The van der Waals surface area contributed by atoms with Crippen molar-refractivity contribution in [1.82, 2.24) is 9.55 Å². The lowest BCUT2D eigenvalue weighted by atomic mass is 9.82. The van der Waals surface area contributed by atoms with Gasteiger partial charge in [0.15, 0.2) is 0 Å². The first-order valence-electron chi connectivity index (χ1n) is 14.4. The third-order valence-corrected chi connectivity index (χ3v) is 9.40. The van der Waals surface area contributed by atoms with Gasteiger partial charge in [-0.15, -0.1) is 0 Å². The van der Waals surface area contributed by atoms with Gasteiger partial charge in [0.2, 0.25) is 0 Å². The molecule has 1 aromatic heterocycles. The standard InChI is InChI=1S/C38H33BrN2O/c1-37(2,3)24-18-19-32(26(20-24)23-12-7-6-8-13-23)41-33-17-11-16-31(39)35(33)40-36(41)28-21-27-25-14-9-10-15-29(25)38(4,5)30(27)22-34(28)42/h6-22,42H,1-5H3. The highest BCUT2D eigenvalue weighted by atomic mass is 79.9. The largest absolute Gasteiger partial charge is 0.507 e. The second-order valence-electron chi connectivity index (χ2n) is 12.8. The Morgan fingerprint density at radius 2 is 1.45 bits per heavy atom. The number of phenols is 1. The van der Waals surface area contributed by atoms with Crippen LogP contribution in [0.15, 0.2) is 108 Å². The SMILES string of the molecule is CC(C)(C)c1ccc(-n2c(-c3cc4c(cc3O)C(C)(C)c3ccccc3-4)nc3c(Br)cccc32)c(-c2ccccc2)c1. The van der Waals surface area contributed by atoms with E-state index in [4.69, 9.17) is 4.98 Å². The highest BCUT2D eigenvalue weighted by Crippen LogP contribution is 2.52. The van der Waals surface area contributed by atoms with Gasteiger partial charge in [0.1, 0.15) is 17.1 Å². The minimum absolute atomic E-state index is 0.0105. The van der Waals surface area contributed by atoms with Gasteiger partial charge < -0.3 is 5.11 Å². The number of halogens is 1. The molecule has 0 unspecified atom stereocenters. The number of phenolic OH excluding ortho intramolecular Hbond substituents is 1. The smallest absolute Gasteiger partial charge is 0.149 e. The Labute approximate surface area is 255 Å². The van der Waals surface area contributed by atoms with Crippen LogP contribution >= 0.6 is 15.9 Å². The molecule has 7 rings (SSSR count). The molecule has 0 radical (unpaired) electrons. The van der Waals surface area contributed by atoms with E-state index in [1.807, 2.05) is 24.3 Å². The van der Waals surface area contributed by atoms with E-state index in [-0.39, 0.29) is 16.6 Å². The fraction of sp³-hybridized carbons (Fsp3) is 0.184. The van der Waals surface area contributed by atoms with Crippen LogP contribution in [0.25, 0.3) is 50.4 Å². The molecule has 0 amide bonds. The molecular weight excluding hydrogens is 580 g/mol. The molecule has 0 bridgehead atoms. The van der Waals surface area contributed by atoms with Crippen molar-refractivity contribution >= 4 is 27.0 Å². The first-order valence-corrected chi connectivity index (χ1v) is 15.2. The molecule has 1 aliphatic carbocycles. The molecule has 0 spiro atoms. The van der Waals surface area contributed by atoms with Crippen LogP contribution in [0, 0.1) is 0 Å². The Balaban J connectivity index is 1.56. The maximum atomic E-state index is 11.7. The zero-order valence-electron chi connectivity index (χ0n) is 24.5.